The average Bonchev–Trinajstić information content (AvgIpc) is 2.37. The minimum atomic E-state index is -0.963. The Bertz CT molecular complexity index is 460. The van der Waals surface area contributed by atoms with Crippen LogP contribution in [0.15, 0.2) is 18.2 Å². The number of nitrogens with zero attached hydrogens (tertiary/aromatic N) is 1. The third-order valence-corrected chi connectivity index (χ3v) is 3.81. The predicted molar refractivity (Wildman–Crippen MR) is 89.5 cm³/mol. The number of hydrogen-bond acceptors (Lipinski definition) is 2. The number of rotatable bonds is 8. The first kappa shape index (κ1) is 17.8. The van der Waals surface area contributed by atoms with E-state index in [1.54, 1.807) is 6.07 Å². The molecule has 0 radical (unpaired) electrons. The van der Waals surface area contributed by atoms with Crippen molar-refractivity contribution in [3.63, 3.8) is 0 Å². The summed E-state index contributed by atoms with van der Waals surface area (Å²) in [6.45, 7) is 10.4. The molecule has 0 aliphatic carbocycles. The molecule has 0 saturated carbocycles. The molecule has 0 aromatic heterocycles. The molecule has 0 aliphatic heterocycles. The zero-order chi connectivity index (χ0) is 16.0. The number of carboxylic acid groups (broad SMARTS) is 1. The van der Waals surface area contributed by atoms with E-state index in [9.17, 15) is 9.90 Å². The van der Waals surface area contributed by atoms with E-state index in [0.29, 0.717) is 16.9 Å². The molecule has 21 heavy (non-hydrogen) atoms. The lowest BCUT2D eigenvalue weighted by Crippen LogP contribution is -2.29. The highest BCUT2D eigenvalue weighted by molar-refractivity contribution is 6.34. The number of anilines is 1. The summed E-state index contributed by atoms with van der Waals surface area (Å²) in [6, 6.07) is 5.31. The molecule has 118 valence electrons. The molecule has 0 bridgehead atoms. The van der Waals surface area contributed by atoms with Crippen LogP contribution in [-0.2, 0) is 0 Å². The number of carbonyl (C=O) groups is 1. The molecule has 1 N–H and O–H groups in total. The van der Waals surface area contributed by atoms with Gasteiger partial charge < -0.3 is 10.0 Å². The van der Waals surface area contributed by atoms with Gasteiger partial charge in [-0.15, -0.1) is 0 Å². The maximum Gasteiger partial charge on any atom is 0.339 e. The molecule has 4 heteroatoms. The second-order valence-corrected chi connectivity index (χ2v) is 6.70. The number of hydrogen-bond donors (Lipinski definition) is 1. The topological polar surface area (TPSA) is 40.5 Å². The second kappa shape index (κ2) is 8.28. The highest BCUT2D eigenvalue weighted by Crippen LogP contribution is 2.28. The summed E-state index contributed by atoms with van der Waals surface area (Å²) >= 11 is 6.09. The van der Waals surface area contributed by atoms with Gasteiger partial charge in [-0.1, -0.05) is 45.4 Å². The van der Waals surface area contributed by atoms with Gasteiger partial charge in [0.25, 0.3) is 0 Å². The zero-order valence-electron chi connectivity index (χ0n) is 13.4. The van der Waals surface area contributed by atoms with Crippen LogP contribution in [0.5, 0.6) is 0 Å². The summed E-state index contributed by atoms with van der Waals surface area (Å²) in [5.74, 6) is 0.202. The van der Waals surface area contributed by atoms with Crippen LogP contribution < -0.4 is 4.90 Å². The van der Waals surface area contributed by atoms with Crippen LogP contribution in [0, 0.1) is 11.8 Å². The summed E-state index contributed by atoms with van der Waals surface area (Å²) in [5.41, 5.74) is 0.947. The predicted octanol–water partition coefficient (Wildman–Crippen LogP) is 4.94. The second-order valence-electron chi connectivity index (χ2n) is 6.29. The first-order valence-electron chi connectivity index (χ1n) is 7.59. The van der Waals surface area contributed by atoms with Crippen molar-refractivity contribution in [1.82, 2.24) is 0 Å². The molecule has 0 aliphatic rings. The molecular weight excluding hydrogens is 286 g/mol. The normalized spacial score (nSPS) is 11.2. The minimum absolute atomic E-state index is 0.215. The Morgan fingerprint density at radius 1 is 1.14 bits per heavy atom. The Morgan fingerprint density at radius 3 is 2.10 bits per heavy atom. The van der Waals surface area contributed by atoms with Gasteiger partial charge in [0.2, 0.25) is 0 Å². The van der Waals surface area contributed by atoms with E-state index in [0.717, 1.165) is 31.6 Å². The first-order valence-corrected chi connectivity index (χ1v) is 7.97. The largest absolute Gasteiger partial charge is 0.478 e. The first-order chi connectivity index (χ1) is 9.82. The molecule has 0 spiro atoms. The van der Waals surface area contributed by atoms with Gasteiger partial charge in [0.1, 0.15) is 5.56 Å². The van der Waals surface area contributed by atoms with Crippen LogP contribution in [0.1, 0.15) is 50.9 Å². The molecule has 0 amide bonds. The van der Waals surface area contributed by atoms with Gasteiger partial charge in [-0.25, -0.2) is 4.79 Å². The Labute approximate surface area is 132 Å². The van der Waals surface area contributed by atoms with Crippen molar-refractivity contribution in [2.24, 2.45) is 11.8 Å². The SMILES string of the molecule is CC(C)CCN(CCC(C)C)c1cccc(Cl)c1C(=O)O. The molecule has 1 rings (SSSR count). The summed E-state index contributed by atoms with van der Waals surface area (Å²) in [4.78, 5) is 13.7. The van der Waals surface area contributed by atoms with E-state index in [-0.39, 0.29) is 5.56 Å². The molecule has 0 fully saturated rings. The fourth-order valence-electron chi connectivity index (χ4n) is 2.17. The molecule has 1 aromatic rings. The maximum atomic E-state index is 11.5. The van der Waals surface area contributed by atoms with E-state index in [4.69, 9.17) is 11.6 Å². The highest BCUT2D eigenvalue weighted by Gasteiger charge is 2.19. The number of benzene rings is 1. The van der Waals surface area contributed by atoms with Crippen molar-refractivity contribution in [3.05, 3.63) is 28.8 Å². The van der Waals surface area contributed by atoms with Crippen molar-refractivity contribution in [2.75, 3.05) is 18.0 Å². The zero-order valence-corrected chi connectivity index (χ0v) is 14.2. The minimum Gasteiger partial charge on any atom is -0.478 e. The molecule has 0 atom stereocenters. The van der Waals surface area contributed by atoms with Gasteiger partial charge in [-0.05, 0) is 36.8 Å². The lowest BCUT2D eigenvalue weighted by atomic mass is 10.1. The van der Waals surface area contributed by atoms with Crippen LogP contribution in [0.4, 0.5) is 5.69 Å². The molecular formula is C17H26ClNO2. The fraction of sp³-hybridized carbons (Fsp3) is 0.588. The number of carboxylic acids is 1. The van der Waals surface area contributed by atoms with Crippen LogP contribution in [0.2, 0.25) is 5.02 Å². The molecule has 0 unspecified atom stereocenters. The van der Waals surface area contributed by atoms with E-state index < -0.39 is 5.97 Å². The molecule has 3 nitrogen and oxygen atoms in total. The van der Waals surface area contributed by atoms with E-state index in [1.807, 2.05) is 12.1 Å². The summed E-state index contributed by atoms with van der Waals surface area (Å²) in [7, 11) is 0. The van der Waals surface area contributed by atoms with Crippen LogP contribution in [-0.4, -0.2) is 24.2 Å². The van der Waals surface area contributed by atoms with Gasteiger partial charge in [0.05, 0.1) is 10.7 Å². The fourth-order valence-corrected chi connectivity index (χ4v) is 2.42. The molecule has 1 aromatic carbocycles. The Morgan fingerprint density at radius 2 is 1.67 bits per heavy atom. The Kier molecular flexibility index (Phi) is 7.03. The lowest BCUT2D eigenvalue weighted by Gasteiger charge is -2.28. The van der Waals surface area contributed by atoms with Gasteiger partial charge in [-0.2, -0.15) is 0 Å². The lowest BCUT2D eigenvalue weighted by molar-refractivity contribution is 0.0697. The van der Waals surface area contributed by atoms with Crippen LogP contribution >= 0.6 is 11.6 Å². The third kappa shape index (κ3) is 5.58. The van der Waals surface area contributed by atoms with Crippen LogP contribution in [0.3, 0.4) is 0 Å². The van der Waals surface area contributed by atoms with Crippen molar-refractivity contribution < 1.29 is 9.90 Å². The molecule has 0 heterocycles. The van der Waals surface area contributed by atoms with Crippen LogP contribution in [0.25, 0.3) is 0 Å². The molecule has 0 saturated heterocycles. The van der Waals surface area contributed by atoms with Crippen molar-refractivity contribution in [1.29, 1.82) is 0 Å². The van der Waals surface area contributed by atoms with E-state index in [2.05, 4.69) is 32.6 Å². The standard InChI is InChI=1S/C17H26ClNO2/c1-12(2)8-10-19(11-9-13(3)4)15-7-5-6-14(18)16(15)17(20)21/h5-7,12-13H,8-11H2,1-4H3,(H,20,21). The Balaban J connectivity index is 3.06. The number of aromatic carboxylic acids is 1. The third-order valence-electron chi connectivity index (χ3n) is 3.50. The monoisotopic (exact) mass is 311 g/mol. The smallest absolute Gasteiger partial charge is 0.339 e. The van der Waals surface area contributed by atoms with E-state index >= 15 is 0 Å². The van der Waals surface area contributed by atoms with E-state index in [1.165, 1.54) is 0 Å². The summed E-state index contributed by atoms with van der Waals surface area (Å²) < 4.78 is 0. The Hall–Kier alpha value is -1.22. The average molecular weight is 312 g/mol. The quantitative estimate of drug-likeness (QED) is 0.739. The maximum absolute atomic E-state index is 11.5. The van der Waals surface area contributed by atoms with Gasteiger partial charge in [-0.3, -0.25) is 0 Å². The van der Waals surface area contributed by atoms with Crippen molar-refractivity contribution in [2.45, 2.75) is 40.5 Å². The van der Waals surface area contributed by atoms with Crippen molar-refractivity contribution in [3.8, 4) is 0 Å². The highest BCUT2D eigenvalue weighted by atomic mass is 35.5. The van der Waals surface area contributed by atoms with Crippen molar-refractivity contribution >= 4 is 23.3 Å². The van der Waals surface area contributed by atoms with Gasteiger partial charge in [0.15, 0.2) is 0 Å². The summed E-state index contributed by atoms with van der Waals surface area (Å²) in [5, 5.41) is 9.74. The summed E-state index contributed by atoms with van der Waals surface area (Å²) in [6.07, 6.45) is 2.06. The van der Waals surface area contributed by atoms with Gasteiger partial charge in [0, 0.05) is 13.1 Å². The number of halogens is 1. The van der Waals surface area contributed by atoms with Gasteiger partial charge >= 0.3 is 5.97 Å².